The number of nitrogens with zero attached hydrogens (tertiary/aromatic N) is 4. The molecule has 1 saturated heterocycles. The molecule has 4 rings (SSSR count). The van der Waals surface area contributed by atoms with E-state index >= 15 is 0 Å². The molecule has 5 N–H and O–H groups in total. The lowest BCUT2D eigenvalue weighted by molar-refractivity contribution is -0.0511. The predicted octanol–water partition coefficient (Wildman–Crippen LogP) is -0.584. The monoisotopic (exact) mass is 385 g/mol. The van der Waals surface area contributed by atoms with Crippen molar-refractivity contribution in [1.82, 2.24) is 19.5 Å². The fraction of sp³-hybridized carbons (Fsp3) is 0.667. The molecule has 2 aliphatic rings. The van der Waals surface area contributed by atoms with Gasteiger partial charge in [0, 0.05) is 0 Å². The highest BCUT2D eigenvalue weighted by Gasteiger charge is 2.44. The highest BCUT2D eigenvalue weighted by Crippen LogP contribution is 2.33. The molecule has 0 radical (unpaired) electrons. The first kappa shape index (κ1) is 17.8. The van der Waals surface area contributed by atoms with Gasteiger partial charge < -0.3 is 30.5 Å². The van der Waals surface area contributed by atoms with E-state index in [-0.39, 0.29) is 11.3 Å². The van der Waals surface area contributed by atoms with Gasteiger partial charge in [0.25, 0.3) is 0 Å². The molecular formula is C15H20ClN5O5. The smallest absolute Gasteiger partial charge is 0.226 e. The van der Waals surface area contributed by atoms with Crippen molar-refractivity contribution in [2.24, 2.45) is 0 Å². The zero-order valence-electron chi connectivity index (χ0n) is 13.7. The number of ether oxygens (including phenoxy) is 1. The Kier molecular flexibility index (Phi) is 4.71. The zero-order chi connectivity index (χ0) is 18.4. The molecule has 2 aromatic rings. The molecule has 3 heterocycles. The van der Waals surface area contributed by atoms with Crippen molar-refractivity contribution < 1.29 is 25.2 Å². The Morgan fingerprint density at radius 1 is 1.23 bits per heavy atom. The topological polar surface area (TPSA) is 146 Å². The molecule has 1 saturated carbocycles. The average Bonchev–Trinajstić information content (AvgIpc) is 3.28. The van der Waals surface area contributed by atoms with Gasteiger partial charge in [-0.3, -0.25) is 4.57 Å². The van der Waals surface area contributed by atoms with Gasteiger partial charge >= 0.3 is 0 Å². The third-order valence-corrected chi connectivity index (χ3v) is 5.16. The third-order valence-electron chi connectivity index (χ3n) is 4.99. The maximum absolute atomic E-state index is 10.2. The molecule has 0 bridgehead atoms. The van der Waals surface area contributed by atoms with Crippen LogP contribution in [0.25, 0.3) is 11.2 Å². The number of hydrogen-bond donors (Lipinski definition) is 5. The first-order valence-corrected chi connectivity index (χ1v) is 8.84. The Bertz CT molecular complexity index is 804. The number of nitrogens with one attached hydrogen (secondary N) is 1. The lowest BCUT2D eigenvalue weighted by Crippen LogP contribution is -2.33. The standard InChI is InChI=1S/C15H20ClN5O5/c16-15-19-12(18-6-2-1-3-7(6)23)9-13(20-15)21(5-17-9)14-11(25)10(24)8(4-22)26-14/h5-8,10-11,14,22-25H,1-4H2,(H,18,19,20)/t6?,7-,8+,10+,11+,14+/m0/s1. The van der Waals surface area contributed by atoms with E-state index in [1.165, 1.54) is 10.9 Å². The van der Waals surface area contributed by atoms with Crippen molar-refractivity contribution in [1.29, 1.82) is 0 Å². The molecule has 2 fully saturated rings. The Labute approximate surface area is 153 Å². The van der Waals surface area contributed by atoms with Crippen LogP contribution in [0.4, 0.5) is 5.82 Å². The zero-order valence-corrected chi connectivity index (χ0v) is 14.5. The number of halogens is 1. The Balaban J connectivity index is 1.70. The van der Waals surface area contributed by atoms with Crippen LogP contribution in [-0.2, 0) is 4.74 Å². The summed E-state index contributed by atoms with van der Waals surface area (Å²) in [6, 6.07) is -0.150. The fourth-order valence-corrected chi connectivity index (χ4v) is 3.74. The summed E-state index contributed by atoms with van der Waals surface area (Å²) in [6.45, 7) is -0.427. The summed E-state index contributed by atoms with van der Waals surface area (Å²) in [5.41, 5.74) is 0.723. The van der Waals surface area contributed by atoms with Gasteiger partial charge in [-0.25, -0.2) is 4.98 Å². The molecule has 1 aliphatic heterocycles. The van der Waals surface area contributed by atoms with Gasteiger partial charge in [-0.15, -0.1) is 0 Å². The van der Waals surface area contributed by atoms with Crippen molar-refractivity contribution in [3.8, 4) is 0 Å². The average molecular weight is 386 g/mol. The van der Waals surface area contributed by atoms with Gasteiger partial charge in [-0.2, -0.15) is 9.97 Å². The minimum atomic E-state index is -1.26. The molecule has 11 heteroatoms. The van der Waals surface area contributed by atoms with E-state index in [4.69, 9.17) is 16.3 Å². The minimum absolute atomic E-state index is 0.0269. The second-order valence-corrected chi connectivity index (χ2v) is 6.98. The Hall–Kier alpha value is -1.56. The van der Waals surface area contributed by atoms with Gasteiger partial charge in [0.2, 0.25) is 5.28 Å². The molecule has 1 unspecified atom stereocenters. The van der Waals surface area contributed by atoms with Crippen LogP contribution in [0.5, 0.6) is 0 Å². The maximum Gasteiger partial charge on any atom is 0.226 e. The maximum atomic E-state index is 10.2. The minimum Gasteiger partial charge on any atom is -0.394 e. The van der Waals surface area contributed by atoms with Gasteiger partial charge in [0.1, 0.15) is 18.3 Å². The van der Waals surface area contributed by atoms with E-state index in [0.717, 1.165) is 19.3 Å². The van der Waals surface area contributed by atoms with Crippen LogP contribution >= 0.6 is 11.6 Å². The van der Waals surface area contributed by atoms with E-state index < -0.39 is 37.3 Å². The number of rotatable bonds is 4. The van der Waals surface area contributed by atoms with Crippen molar-refractivity contribution in [3.05, 3.63) is 11.6 Å². The summed E-state index contributed by atoms with van der Waals surface area (Å²) in [4.78, 5) is 12.6. The van der Waals surface area contributed by atoms with Crippen LogP contribution in [0.3, 0.4) is 0 Å². The Morgan fingerprint density at radius 3 is 2.69 bits per heavy atom. The number of aliphatic hydroxyl groups excluding tert-OH is 4. The summed E-state index contributed by atoms with van der Waals surface area (Å²) < 4.78 is 6.97. The van der Waals surface area contributed by atoms with E-state index in [0.29, 0.717) is 17.0 Å². The van der Waals surface area contributed by atoms with Gasteiger partial charge in [0.05, 0.1) is 25.1 Å². The highest BCUT2D eigenvalue weighted by atomic mass is 35.5. The quantitative estimate of drug-likeness (QED) is 0.436. The largest absolute Gasteiger partial charge is 0.394 e. The first-order chi connectivity index (χ1) is 12.5. The number of anilines is 1. The van der Waals surface area contributed by atoms with E-state index in [1.807, 2.05) is 0 Å². The lowest BCUT2D eigenvalue weighted by Gasteiger charge is -2.18. The third kappa shape index (κ3) is 2.92. The molecule has 0 amide bonds. The summed E-state index contributed by atoms with van der Waals surface area (Å²) in [7, 11) is 0. The molecule has 0 aromatic carbocycles. The van der Waals surface area contributed by atoms with Crippen LogP contribution in [0.2, 0.25) is 5.28 Å². The second kappa shape index (κ2) is 6.87. The van der Waals surface area contributed by atoms with Crippen molar-refractivity contribution in [2.75, 3.05) is 11.9 Å². The SMILES string of the molecule is OC[C@H]1O[C@@H](n2cnc3c(NC4CCC[C@@H]4O)nc(Cl)nc32)[C@H](O)[C@@H]1O. The van der Waals surface area contributed by atoms with Gasteiger partial charge in [-0.05, 0) is 30.9 Å². The summed E-state index contributed by atoms with van der Waals surface area (Å²) >= 11 is 6.04. The summed E-state index contributed by atoms with van der Waals surface area (Å²) in [5, 5.41) is 42.6. The molecule has 2 aromatic heterocycles. The van der Waals surface area contributed by atoms with Crippen molar-refractivity contribution >= 4 is 28.6 Å². The van der Waals surface area contributed by atoms with E-state index in [9.17, 15) is 20.4 Å². The van der Waals surface area contributed by atoms with E-state index in [1.54, 1.807) is 0 Å². The van der Waals surface area contributed by atoms with Crippen molar-refractivity contribution in [2.45, 2.75) is 55.9 Å². The summed E-state index contributed by atoms with van der Waals surface area (Å²) in [6.07, 6.45) is -0.988. The predicted molar refractivity (Wildman–Crippen MR) is 90.6 cm³/mol. The second-order valence-electron chi connectivity index (χ2n) is 6.64. The van der Waals surface area contributed by atoms with Crippen LogP contribution in [-0.4, -0.2) is 77.0 Å². The van der Waals surface area contributed by atoms with Gasteiger partial charge in [0.15, 0.2) is 23.2 Å². The summed E-state index contributed by atoms with van der Waals surface area (Å²) in [5.74, 6) is 0.386. The lowest BCUT2D eigenvalue weighted by atomic mass is 10.1. The number of fused-ring (bicyclic) bond motifs is 1. The Morgan fingerprint density at radius 2 is 2.04 bits per heavy atom. The molecule has 0 spiro atoms. The number of aromatic nitrogens is 4. The number of hydrogen-bond acceptors (Lipinski definition) is 9. The van der Waals surface area contributed by atoms with Crippen molar-refractivity contribution in [3.63, 3.8) is 0 Å². The highest BCUT2D eigenvalue weighted by molar-refractivity contribution is 6.28. The molecular weight excluding hydrogens is 366 g/mol. The first-order valence-electron chi connectivity index (χ1n) is 8.46. The van der Waals surface area contributed by atoms with E-state index in [2.05, 4.69) is 20.3 Å². The van der Waals surface area contributed by atoms with Crippen LogP contribution < -0.4 is 5.32 Å². The number of aliphatic hydroxyl groups is 4. The normalized spacial score (nSPS) is 34.7. The molecule has 10 nitrogen and oxygen atoms in total. The van der Waals surface area contributed by atoms with Gasteiger partial charge in [-0.1, -0.05) is 0 Å². The molecule has 6 atom stereocenters. The van der Waals surface area contributed by atoms with Crippen LogP contribution in [0, 0.1) is 0 Å². The molecule has 1 aliphatic carbocycles. The number of imidazole rings is 1. The molecule has 26 heavy (non-hydrogen) atoms. The van der Waals surface area contributed by atoms with Crippen LogP contribution in [0.1, 0.15) is 25.5 Å². The fourth-order valence-electron chi connectivity index (χ4n) is 3.57. The van der Waals surface area contributed by atoms with Crippen LogP contribution in [0.15, 0.2) is 6.33 Å². The molecule has 142 valence electrons.